The summed E-state index contributed by atoms with van der Waals surface area (Å²) in [5.74, 6) is 0. The molecule has 0 amide bonds. The number of aromatic nitrogens is 1. The number of halogens is 1. The Labute approximate surface area is 143 Å². The Hall–Kier alpha value is -1.81. The first-order valence-corrected chi connectivity index (χ1v) is 7.75. The number of hydrogen-bond donors (Lipinski definition) is 1. The first-order chi connectivity index (χ1) is 10.9. The highest BCUT2D eigenvalue weighted by Gasteiger charge is 2.07. The Morgan fingerprint density at radius 3 is 2.39 bits per heavy atom. The van der Waals surface area contributed by atoms with Crippen LogP contribution < -0.4 is 0 Å². The molecule has 3 rings (SSSR count). The summed E-state index contributed by atoms with van der Waals surface area (Å²) in [5, 5.41) is 3.34. The van der Waals surface area contributed by atoms with Crippen molar-refractivity contribution in [1.82, 2.24) is 10.0 Å². The molecule has 1 aromatic heterocycles. The standard InChI is InChI=1S/C19H22N2O.ClH/c1-22-21(13-11-16-7-3-2-4-8-16)14-12-17-15-20-19-10-6-5-9-18(17)19;/h2-10,15,20H,11-14H2,1H3;1H. The molecule has 0 saturated heterocycles. The molecule has 2 aromatic carbocycles. The molecule has 1 N–H and O–H groups in total. The summed E-state index contributed by atoms with van der Waals surface area (Å²) in [6.07, 6.45) is 4.09. The van der Waals surface area contributed by atoms with E-state index in [-0.39, 0.29) is 12.4 Å². The maximum Gasteiger partial charge on any atom is 0.0575 e. The van der Waals surface area contributed by atoms with Gasteiger partial charge in [-0.3, -0.25) is 0 Å². The summed E-state index contributed by atoms with van der Waals surface area (Å²) in [5.41, 5.74) is 3.89. The van der Waals surface area contributed by atoms with Crippen LogP contribution in [0, 0.1) is 0 Å². The first-order valence-electron chi connectivity index (χ1n) is 7.75. The van der Waals surface area contributed by atoms with Crippen LogP contribution >= 0.6 is 12.4 Å². The highest BCUT2D eigenvalue weighted by Crippen LogP contribution is 2.18. The van der Waals surface area contributed by atoms with E-state index in [4.69, 9.17) is 4.84 Å². The van der Waals surface area contributed by atoms with Crippen LogP contribution in [0.3, 0.4) is 0 Å². The average molecular weight is 331 g/mol. The van der Waals surface area contributed by atoms with E-state index >= 15 is 0 Å². The number of rotatable bonds is 7. The van der Waals surface area contributed by atoms with Gasteiger partial charge in [0.2, 0.25) is 0 Å². The van der Waals surface area contributed by atoms with E-state index in [1.54, 1.807) is 7.11 Å². The number of H-pyrrole nitrogens is 1. The van der Waals surface area contributed by atoms with Gasteiger partial charge in [-0.15, -0.1) is 12.4 Å². The third kappa shape index (κ3) is 4.58. The highest BCUT2D eigenvalue weighted by molar-refractivity contribution is 5.85. The maximum atomic E-state index is 5.51. The fourth-order valence-electron chi connectivity index (χ4n) is 2.78. The summed E-state index contributed by atoms with van der Waals surface area (Å²) in [6, 6.07) is 19.0. The normalized spacial score (nSPS) is 10.9. The van der Waals surface area contributed by atoms with E-state index in [9.17, 15) is 0 Å². The van der Waals surface area contributed by atoms with Gasteiger partial charge in [0.25, 0.3) is 0 Å². The molecule has 0 aliphatic heterocycles. The van der Waals surface area contributed by atoms with Crippen molar-refractivity contribution in [2.24, 2.45) is 0 Å². The fourth-order valence-corrected chi connectivity index (χ4v) is 2.78. The molecule has 0 fully saturated rings. The quantitative estimate of drug-likeness (QED) is 0.656. The van der Waals surface area contributed by atoms with Crippen molar-refractivity contribution in [2.75, 3.05) is 20.2 Å². The summed E-state index contributed by atoms with van der Waals surface area (Å²) in [7, 11) is 1.75. The second kappa shape index (κ2) is 8.73. The first kappa shape index (κ1) is 17.5. The zero-order chi connectivity index (χ0) is 15.2. The predicted octanol–water partition coefficient (Wildman–Crippen LogP) is 4.24. The van der Waals surface area contributed by atoms with E-state index in [0.29, 0.717) is 0 Å². The number of nitrogens with one attached hydrogen (secondary N) is 1. The molecular formula is C19H23ClN2O. The van der Waals surface area contributed by atoms with Gasteiger partial charge < -0.3 is 9.82 Å². The summed E-state index contributed by atoms with van der Waals surface area (Å²) < 4.78 is 0. The van der Waals surface area contributed by atoms with Crippen molar-refractivity contribution in [3.8, 4) is 0 Å². The van der Waals surface area contributed by atoms with Crippen molar-refractivity contribution in [3.05, 3.63) is 71.9 Å². The van der Waals surface area contributed by atoms with Crippen LogP contribution in [0.15, 0.2) is 60.8 Å². The zero-order valence-electron chi connectivity index (χ0n) is 13.4. The molecule has 0 saturated carbocycles. The SMILES string of the molecule is CON(CCc1ccccc1)CCc1c[nH]c2ccccc12.Cl. The van der Waals surface area contributed by atoms with Gasteiger partial charge in [-0.05, 0) is 30.0 Å². The molecule has 0 unspecified atom stereocenters. The van der Waals surface area contributed by atoms with Gasteiger partial charge in [0, 0.05) is 30.2 Å². The van der Waals surface area contributed by atoms with E-state index < -0.39 is 0 Å². The minimum Gasteiger partial charge on any atom is -0.361 e. The summed E-state index contributed by atoms with van der Waals surface area (Å²) in [6.45, 7) is 1.80. The lowest BCUT2D eigenvalue weighted by molar-refractivity contribution is -0.129. The number of para-hydroxylation sites is 1. The second-order valence-corrected chi connectivity index (χ2v) is 5.46. The fraction of sp³-hybridized carbons (Fsp3) is 0.263. The molecule has 3 nitrogen and oxygen atoms in total. The molecular weight excluding hydrogens is 308 g/mol. The van der Waals surface area contributed by atoms with E-state index in [1.807, 2.05) is 5.06 Å². The molecule has 0 spiro atoms. The minimum absolute atomic E-state index is 0. The second-order valence-electron chi connectivity index (χ2n) is 5.46. The largest absolute Gasteiger partial charge is 0.361 e. The molecule has 1 heterocycles. The van der Waals surface area contributed by atoms with Gasteiger partial charge in [0.1, 0.15) is 0 Å². The highest BCUT2D eigenvalue weighted by atomic mass is 35.5. The average Bonchev–Trinajstić information content (AvgIpc) is 2.99. The Balaban J connectivity index is 0.00000192. The van der Waals surface area contributed by atoms with Gasteiger partial charge in [0.15, 0.2) is 0 Å². The van der Waals surface area contributed by atoms with Crippen LogP contribution in [-0.4, -0.2) is 30.2 Å². The van der Waals surface area contributed by atoms with Crippen LogP contribution in [0.5, 0.6) is 0 Å². The van der Waals surface area contributed by atoms with Gasteiger partial charge in [-0.1, -0.05) is 48.5 Å². The molecule has 0 radical (unpaired) electrons. The van der Waals surface area contributed by atoms with Crippen molar-refractivity contribution in [2.45, 2.75) is 12.8 Å². The summed E-state index contributed by atoms with van der Waals surface area (Å²) >= 11 is 0. The lowest BCUT2D eigenvalue weighted by Gasteiger charge is -2.19. The predicted molar refractivity (Wildman–Crippen MR) is 98.0 cm³/mol. The lowest BCUT2D eigenvalue weighted by Crippen LogP contribution is -2.27. The van der Waals surface area contributed by atoms with Crippen LogP contribution in [0.25, 0.3) is 10.9 Å². The Kier molecular flexibility index (Phi) is 6.66. The van der Waals surface area contributed by atoms with Gasteiger partial charge >= 0.3 is 0 Å². The van der Waals surface area contributed by atoms with Crippen molar-refractivity contribution >= 4 is 23.3 Å². The van der Waals surface area contributed by atoms with Gasteiger partial charge in [-0.2, -0.15) is 5.06 Å². The lowest BCUT2D eigenvalue weighted by atomic mass is 10.1. The number of hydroxylamine groups is 2. The molecule has 0 aliphatic rings. The summed E-state index contributed by atoms with van der Waals surface area (Å²) in [4.78, 5) is 8.83. The van der Waals surface area contributed by atoms with E-state index in [1.165, 1.54) is 22.0 Å². The zero-order valence-corrected chi connectivity index (χ0v) is 14.2. The number of aromatic amines is 1. The Bertz CT molecular complexity index is 711. The molecule has 4 heteroatoms. The number of fused-ring (bicyclic) bond motifs is 1. The molecule has 3 aromatic rings. The third-order valence-corrected chi connectivity index (χ3v) is 4.06. The van der Waals surface area contributed by atoms with Crippen LogP contribution in [0.1, 0.15) is 11.1 Å². The molecule has 0 bridgehead atoms. The third-order valence-electron chi connectivity index (χ3n) is 4.06. The maximum absolute atomic E-state index is 5.51. The Morgan fingerprint density at radius 2 is 1.61 bits per heavy atom. The Morgan fingerprint density at radius 1 is 0.913 bits per heavy atom. The molecule has 23 heavy (non-hydrogen) atoms. The van der Waals surface area contributed by atoms with Crippen molar-refractivity contribution in [3.63, 3.8) is 0 Å². The molecule has 0 atom stereocenters. The van der Waals surface area contributed by atoms with Gasteiger partial charge in [-0.25, -0.2) is 0 Å². The number of benzene rings is 2. The number of hydrogen-bond acceptors (Lipinski definition) is 2. The monoisotopic (exact) mass is 330 g/mol. The van der Waals surface area contributed by atoms with Gasteiger partial charge in [0.05, 0.1) is 7.11 Å². The molecule has 122 valence electrons. The minimum atomic E-state index is 0. The van der Waals surface area contributed by atoms with E-state index in [0.717, 1.165) is 25.9 Å². The van der Waals surface area contributed by atoms with Crippen LogP contribution in [0.4, 0.5) is 0 Å². The van der Waals surface area contributed by atoms with E-state index in [2.05, 4.69) is 65.8 Å². The van der Waals surface area contributed by atoms with Crippen LogP contribution in [-0.2, 0) is 17.7 Å². The van der Waals surface area contributed by atoms with Crippen LogP contribution in [0.2, 0.25) is 0 Å². The van der Waals surface area contributed by atoms with Crippen molar-refractivity contribution in [1.29, 1.82) is 0 Å². The topological polar surface area (TPSA) is 28.3 Å². The number of nitrogens with zero attached hydrogens (tertiary/aromatic N) is 1. The van der Waals surface area contributed by atoms with Crippen molar-refractivity contribution < 1.29 is 4.84 Å². The molecule has 0 aliphatic carbocycles. The smallest absolute Gasteiger partial charge is 0.0575 e.